The Balaban J connectivity index is 2.84. The number of halogens is 3. The summed E-state index contributed by atoms with van der Waals surface area (Å²) in [4.78, 5) is 0. The lowest BCUT2D eigenvalue weighted by atomic mass is 10.1. The van der Waals surface area contributed by atoms with Crippen LogP contribution in [0.3, 0.4) is 0 Å². The van der Waals surface area contributed by atoms with Crippen molar-refractivity contribution in [3.8, 4) is 0 Å². The lowest BCUT2D eigenvalue weighted by Crippen LogP contribution is -2.21. The second kappa shape index (κ2) is 6.61. The average Bonchev–Trinajstić information content (AvgIpc) is 2.23. The Morgan fingerprint density at radius 2 is 1.47 bits per heavy atom. The van der Waals surface area contributed by atoms with Crippen LogP contribution in [0.4, 0.5) is 13.2 Å². The molecule has 0 fully saturated rings. The summed E-state index contributed by atoms with van der Waals surface area (Å²) in [5.41, 5.74) is -0.224. The van der Waals surface area contributed by atoms with Gasteiger partial charge in [-0.15, -0.1) is 0 Å². The maximum Gasteiger partial charge on any atom is 0.161 e. The third-order valence-corrected chi connectivity index (χ3v) is 2.18. The van der Waals surface area contributed by atoms with E-state index in [0.29, 0.717) is 25.3 Å². The molecule has 96 valence electrons. The smallest absolute Gasteiger partial charge is 0.161 e. The van der Waals surface area contributed by atoms with Crippen LogP contribution >= 0.6 is 0 Å². The van der Waals surface area contributed by atoms with Gasteiger partial charge in [0.25, 0.3) is 0 Å². The van der Waals surface area contributed by atoms with Gasteiger partial charge in [-0.2, -0.15) is 0 Å². The summed E-state index contributed by atoms with van der Waals surface area (Å²) < 4.78 is 49.8. The van der Waals surface area contributed by atoms with E-state index in [4.69, 9.17) is 9.47 Å². The van der Waals surface area contributed by atoms with Gasteiger partial charge in [-0.1, -0.05) is 0 Å². The molecular weight excluding hydrogens is 233 g/mol. The van der Waals surface area contributed by atoms with Crippen LogP contribution in [0.5, 0.6) is 0 Å². The molecule has 2 nitrogen and oxygen atoms in total. The molecule has 0 saturated heterocycles. The summed E-state index contributed by atoms with van der Waals surface area (Å²) in [6, 6.07) is 1.29. The van der Waals surface area contributed by atoms with Crippen LogP contribution in [0.15, 0.2) is 12.1 Å². The molecule has 0 aliphatic rings. The first kappa shape index (κ1) is 14.0. The Hall–Kier alpha value is -1.07. The molecule has 1 aromatic rings. The molecule has 0 bridgehead atoms. The van der Waals surface area contributed by atoms with Gasteiger partial charge in [0.15, 0.2) is 6.29 Å². The number of hydrogen-bond donors (Lipinski definition) is 0. The minimum Gasteiger partial charge on any atom is -0.353 e. The van der Waals surface area contributed by atoms with Crippen molar-refractivity contribution >= 4 is 0 Å². The van der Waals surface area contributed by atoms with Crippen molar-refractivity contribution in [1.29, 1.82) is 0 Å². The van der Waals surface area contributed by atoms with Crippen molar-refractivity contribution in [3.63, 3.8) is 0 Å². The van der Waals surface area contributed by atoms with E-state index in [2.05, 4.69) is 0 Å². The first-order valence-electron chi connectivity index (χ1n) is 5.45. The van der Waals surface area contributed by atoms with Crippen LogP contribution < -0.4 is 0 Å². The molecule has 0 aromatic heterocycles. The highest BCUT2D eigenvalue weighted by Crippen LogP contribution is 2.18. The predicted octanol–water partition coefficient (Wildman–Crippen LogP) is 3.05. The van der Waals surface area contributed by atoms with E-state index >= 15 is 0 Å². The lowest BCUT2D eigenvalue weighted by Gasteiger charge is -2.17. The van der Waals surface area contributed by atoms with E-state index in [9.17, 15) is 13.2 Å². The van der Waals surface area contributed by atoms with Crippen molar-refractivity contribution < 1.29 is 22.6 Å². The maximum atomic E-state index is 13.4. The topological polar surface area (TPSA) is 18.5 Å². The van der Waals surface area contributed by atoms with Crippen molar-refractivity contribution in [3.05, 3.63) is 35.1 Å². The molecule has 17 heavy (non-hydrogen) atoms. The Kier molecular flexibility index (Phi) is 5.44. The quantitative estimate of drug-likeness (QED) is 0.720. The van der Waals surface area contributed by atoms with E-state index in [1.807, 2.05) is 0 Å². The van der Waals surface area contributed by atoms with Crippen molar-refractivity contribution in [2.24, 2.45) is 0 Å². The number of rotatable bonds is 6. The highest BCUT2D eigenvalue weighted by Gasteiger charge is 2.17. The molecule has 0 unspecified atom stereocenters. The van der Waals surface area contributed by atoms with Crippen molar-refractivity contribution in [2.45, 2.75) is 26.6 Å². The van der Waals surface area contributed by atoms with Crippen LogP contribution in [0.2, 0.25) is 0 Å². The molecule has 0 spiro atoms. The second-order valence-corrected chi connectivity index (χ2v) is 3.39. The minimum absolute atomic E-state index is 0.0837. The molecule has 0 aliphatic carbocycles. The third kappa shape index (κ3) is 4.02. The zero-order chi connectivity index (χ0) is 12.8. The monoisotopic (exact) mass is 248 g/mol. The average molecular weight is 248 g/mol. The normalized spacial score (nSPS) is 11.2. The minimum atomic E-state index is -0.937. The van der Waals surface area contributed by atoms with Gasteiger partial charge < -0.3 is 9.47 Å². The number of benzene rings is 1. The van der Waals surface area contributed by atoms with Crippen molar-refractivity contribution in [1.82, 2.24) is 0 Å². The van der Waals surface area contributed by atoms with Gasteiger partial charge in [0.05, 0.1) is 0 Å². The van der Waals surface area contributed by atoms with E-state index in [1.165, 1.54) is 0 Å². The summed E-state index contributed by atoms with van der Waals surface area (Å²) >= 11 is 0. The lowest BCUT2D eigenvalue weighted by molar-refractivity contribution is -0.135. The maximum absolute atomic E-state index is 13.4. The highest BCUT2D eigenvalue weighted by atomic mass is 19.1. The van der Waals surface area contributed by atoms with Crippen LogP contribution in [0.1, 0.15) is 19.4 Å². The van der Waals surface area contributed by atoms with E-state index in [1.54, 1.807) is 13.8 Å². The van der Waals surface area contributed by atoms with Gasteiger partial charge >= 0.3 is 0 Å². The van der Waals surface area contributed by atoms with Crippen LogP contribution in [-0.2, 0) is 15.9 Å². The van der Waals surface area contributed by atoms with Gasteiger partial charge in [0.1, 0.15) is 17.5 Å². The molecule has 0 amide bonds. The molecule has 0 saturated carbocycles. The molecule has 1 rings (SSSR count). The highest BCUT2D eigenvalue weighted by molar-refractivity contribution is 5.21. The zero-order valence-electron chi connectivity index (χ0n) is 9.80. The third-order valence-electron chi connectivity index (χ3n) is 2.18. The Bertz CT molecular complexity index is 340. The molecular formula is C12H15F3O2. The van der Waals surface area contributed by atoms with Gasteiger partial charge in [-0.3, -0.25) is 0 Å². The molecule has 5 heteroatoms. The van der Waals surface area contributed by atoms with Gasteiger partial charge in [-0.05, 0) is 13.8 Å². The van der Waals surface area contributed by atoms with E-state index in [-0.39, 0.29) is 12.0 Å². The fourth-order valence-corrected chi connectivity index (χ4v) is 1.47. The molecule has 1 aromatic carbocycles. The summed E-state index contributed by atoms with van der Waals surface area (Å²) in [7, 11) is 0. The summed E-state index contributed by atoms with van der Waals surface area (Å²) in [5.74, 6) is -2.79. The molecule has 0 aliphatic heterocycles. The second-order valence-electron chi connectivity index (χ2n) is 3.39. The van der Waals surface area contributed by atoms with Gasteiger partial charge in [0.2, 0.25) is 0 Å². The number of ether oxygens (including phenoxy) is 2. The fraction of sp³-hybridized carbons (Fsp3) is 0.500. The first-order chi connectivity index (χ1) is 8.08. The standard InChI is InChI=1S/C12H15F3O2/c1-3-16-12(17-4-2)7-9-10(14)5-8(13)6-11(9)15/h5-6,12H,3-4,7H2,1-2H3. The SMILES string of the molecule is CCOC(Cc1c(F)cc(F)cc1F)OCC. The van der Waals surface area contributed by atoms with Crippen molar-refractivity contribution in [2.75, 3.05) is 13.2 Å². The Morgan fingerprint density at radius 1 is 1.00 bits per heavy atom. The van der Waals surface area contributed by atoms with Crippen LogP contribution in [0, 0.1) is 17.5 Å². The molecule has 0 heterocycles. The van der Waals surface area contributed by atoms with Crippen LogP contribution in [0.25, 0.3) is 0 Å². The first-order valence-corrected chi connectivity index (χ1v) is 5.45. The van der Waals surface area contributed by atoms with Crippen LogP contribution in [-0.4, -0.2) is 19.5 Å². The predicted molar refractivity (Wildman–Crippen MR) is 57.1 cm³/mol. The number of hydrogen-bond acceptors (Lipinski definition) is 2. The molecule has 0 radical (unpaired) electrons. The molecule has 0 N–H and O–H groups in total. The largest absolute Gasteiger partial charge is 0.353 e. The van der Waals surface area contributed by atoms with E-state index in [0.717, 1.165) is 0 Å². The summed E-state index contributed by atoms with van der Waals surface area (Å²) in [6.45, 7) is 4.25. The van der Waals surface area contributed by atoms with Gasteiger partial charge in [0, 0.05) is 37.3 Å². The molecule has 0 atom stereocenters. The Morgan fingerprint density at radius 3 is 1.88 bits per heavy atom. The summed E-state index contributed by atoms with van der Waals surface area (Å²) in [6.07, 6.45) is -0.806. The van der Waals surface area contributed by atoms with E-state index < -0.39 is 23.7 Å². The zero-order valence-corrected chi connectivity index (χ0v) is 9.80. The fourth-order valence-electron chi connectivity index (χ4n) is 1.47. The van der Waals surface area contributed by atoms with Gasteiger partial charge in [-0.25, -0.2) is 13.2 Å². The Labute approximate surface area is 98.3 Å². The summed E-state index contributed by atoms with van der Waals surface area (Å²) in [5, 5.41) is 0.